The van der Waals surface area contributed by atoms with Gasteiger partial charge in [0, 0.05) is 12.0 Å². The Hall–Kier alpha value is -1.89. The van der Waals surface area contributed by atoms with Crippen LogP contribution < -0.4 is 0 Å². The molecule has 1 heteroatoms. The summed E-state index contributed by atoms with van der Waals surface area (Å²) in [6, 6.07) is 16.9. The summed E-state index contributed by atoms with van der Waals surface area (Å²) in [4.78, 5) is 12.2. The second kappa shape index (κ2) is 9.42. The number of benzene rings is 2. The Morgan fingerprint density at radius 1 is 0.875 bits per heavy atom. The molecular formula is C23H30O. The maximum Gasteiger partial charge on any atom is 0.163 e. The Morgan fingerprint density at radius 2 is 1.46 bits per heavy atom. The van der Waals surface area contributed by atoms with Crippen LogP contribution in [0.25, 0.3) is 11.1 Å². The van der Waals surface area contributed by atoms with Crippen LogP contribution in [0.4, 0.5) is 0 Å². The van der Waals surface area contributed by atoms with E-state index in [0.29, 0.717) is 12.3 Å². The van der Waals surface area contributed by atoms with Crippen molar-refractivity contribution in [3.8, 4) is 11.1 Å². The molecular weight excluding hydrogens is 292 g/mol. The van der Waals surface area contributed by atoms with Crippen molar-refractivity contribution in [2.24, 2.45) is 5.92 Å². The Bertz CT molecular complexity index is 622. The van der Waals surface area contributed by atoms with E-state index in [4.69, 9.17) is 0 Å². The van der Waals surface area contributed by atoms with Gasteiger partial charge < -0.3 is 0 Å². The Morgan fingerprint density at radius 3 is 2.00 bits per heavy atom. The zero-order valence-electron chi connectivity index (χ0n) is 15.3. The fraction of sp³-hybridized carbons (Fsp3) is 0.435. The molecule has 0 saturated heterocycles. The van der Waals surface area contributed by atoms with E-state index in [1.807, 2.05) is 12.1 Å². The highest BCUT2D eigenvalue weighted by molar-refractivity contribution is 5.96. The molecule has 0 saturated carbocycles. The third kappa shape index (κ3) is 5.33. The lowest BCUT2D eigenvalue weighted by atomic mass is 9.96. The SMILES string of the molecule is CCCCCc1ccc(-c2ccc(C(=O)CC(C)CC)cc2)cc1. The molecule has 0 radical (unpaired) electrons. The molecule has 2 aromatic carbocycles. The number of carbonyl (C=O) groups is 1. The van der Waals surface area contributed by atoms with E-state index in [1.165, 1.54) is 36.0 Å². The summed E-state index contributed by atoms with van der Waals surface area (Å²) in [6.45, 7) is 6.50. The van der Waals surface area contributed by atoms with Crippen molar-refractivity contribution in [3.63, 3.8) is 0 Å². The van der Waals surface area contributed by atoms with Crippen LogP contribution in [0.1, 0.15) is 68.8 Å². The zero-order chi connectivity index (χ0) is 17.4. The Balaban J connectivity index is 2.01. The van der Waals surface area contributed by atoms with Gasteiger partial charge in [-0.05, 0) is 35.4 Å². The third-order valence-corrected chi connectivity index (χ3v) is 4.79. The summed E-state index contributed by atoms with van der Waals surface area (Å²) in [5, 5.41) is 0. The summed E-state index contributed by atoms with van der Waals surface area (Å²) in [5.41, 5.74) is 4.63. The second-order valence-electron chi connectivity index (χ2n) is 6.87. The molecule has 0 aliphatic rings. The molecule has 0 heterocycles. The van der Waals surface area contributed by atoms with Crippen LogP contribution in [0.15, 0.2) is 48.5 Å². The average molecular weight is 322 g/mol. The molecule has 0 bridgehead atoms. The highest BCUT2D eigenvalue weighted by atomic mass is 16.1. The standard InChI is InChI=1S/C23H30O/c1-4-6-7-8-19-9-11-20(12-10-19)21-13-15-22(16-14-21)23(24)17-18(3)5-2/h9-16,18H,4-8,17H2,1-3H3. The Kier molecular flexibility index (Phi) is 7.24. The second-order valence-corrected chi connectivity index (χ2v) is 6.87. The van der Waals surface area contributed by atoms with Gasteiger partial charge in [-0.25, -0.2) is 0 Å². The van der Waals surface area contributed by atoms with Crippen LogP contribution in [-0.2, 0) is 6.42 Å². The molecule has 1 unspecified atom stereocenters. The fourth-order valence-electron chi connectivity index (χ4n) is 2.87. The Labute approximate surface area is 147 Å². The molecule has 1 nitrogen and oxygen atoms in total. The van der Waals surface area contributed by atoms with E-state index >= 15 is 0 Å². The van der Waals surface area contributed by atoms with Crippen LogP contribution in [0, 0.1) is 5.92 Å². The maximum absolute atomic E-state index is 12.2. The molecule has 2 rings (SSSR count). The first kappa shape index (κ1) is 18.4. The van der Waals surface area contributed by atoms with E-state index in [2.05, 4.69) is 57.2 Å². The van der Waals surface area contributed by atoms with Crippen LogP contribution in [0.3, 0.4) is 0 Å². The molecule has 0 fully saturated rings. The zero-order valence-corrected chi connectivity index (χ0v) is 15.3. The fourth-order valence-corrected chi connectivity index (χ4v) is 2.87. The first-order valence-electron chi connectivity index (χ1n) is 9.36. The van der Waals surface area contributed by atoms with Crippen LogP contribution >= 0.6 is 0 Å². The van der Waals surface area contributed by atoms with Crippen molar-refractivity contribution < 1.29 is 4.79 Å². The number of hydrogen-bond acceptors (Lipinski definition) is 1. The van der Waals surface area contributed by atoms with Crippen molar-refractivity contribution in [2.75, 3.05) is 0 Å². The first-order chi connectivity index (χ1) is 11.6. The number of unbranched alkanes of at least 4 members (excludes halogenated alkanes) is 2. The normalized spacial score (nSPS) is 12.1. The van der Waals surface area contributed by atoms with E-state index in [1.54, 1.807) is 0 Å². The van der Waals surface area contributed by atoms with Gasteiger partial charge >= 0.3 is 0 Å². The molecule has 0 N–H and O–H groups in total. The minimum atomic E-state index is 0.252. The van der Waals surface area contributed by atoms with Crippen LogP contribution in [0.5, 0.6) is 0 Å². The van der Waals surface area contributed by atoms with E-state index in [0.717, 1.165) is 18.4 Å². The van der Waals surface area contributed by atoms with Crippen molar-refractivity contribution in [1.82, 2.24) is 0 Å². The molecule has 2 aromatic rings. The van der Waals surface area contributed by atoms with Gasteiger partial charge in [0.1, 0.15) is 0 Å². The van der Waals surface area contributed by atoms with Crippen molar-refractivity contribution >= 4 is 5.78 Å². The number of rotatable bonds is 9. The van der Waals surface area contributed by atoms with Crippen molar-refractivity contribution in [2.45, 2.75) is 59.3 Å². The summed E-state index contributed by atoms with van der Waals surface area (Å²) < 4.78 is 0. The van der Waals surface area contributed by atoms with Crippen LogP contribution in [-0.4, -0.2) is 5.78 Å². The van der Waals surface area contributed by atoms with E-state index in [9.17, 15) is 4.79 Å². The van der Waals surface area contributed by atoms with Crippen molar-refractivity contribution in [1.29, 1.82) is 0 Å². The van der Waals surface area contributed by atoms with Gasteiger partial charge in [-0.2, -0.15) is 0 Å². The number of ketones is 1. The van der Waals surface area contributed by atoms with Gasteiger partial charge in [0.05, 0.1) is 0 Å². The van der Waals surface area contributed by atoms with Gasteiger partial charge in [-0.3, -0.25) is 4.79 Å². The number of Topliss-reactive ketones (excluding diaryl/α,β-unsaturated/α-hetero) is 1. The van der Waals surface area contributed by atoms with E-state index < -0.39 is 0 Å². The van der Waals surface area contributed by atoms with Gasteiger partial charge in [-0.15, -0.1) is 0 Å². The maximum atomic E-state index is 12.2. The number of carbonyl (C=O) groups excluding carboxylic acids is 1. The lowest BCUT2D eigenvalue weighted by Gasteiger charge is -2.08. The van der Waals surface area contributed by atoms with Gasteiger partial charge in [0.15, 0.2) is 5.78 Å². The largest absolute Gasteiger partial charge is 0.294 e. The molecule has 0 aromatic heterocycles. The third-order valence-electron chi connectivity index (χ3n) is 4.79. The number of aryl methyl sites for hydroxylation is 1. The minimum Gasteiger partial charge on any atom is -0.294 e. The topological polar surface area (TPSA) is 17.1 Å². The molecule has 24 heavy (non-hydrogen) atoms. The lowest BCUT2D eigenvalue weighted by Crippen LogP contribution is -2.05. The molecule has 0 aliphatic carbocycles. The summed E-state index contributed by atoms with van der Waals surface area (Å²) in [6.07, 6.45) is 6.69. The molecule has 1 atom stereocenters. The quantitative estimate of drug-likeness (QED) is 0.370. The number of hydrogen-bond donors (Lipinski definition) is 0. The molecule has 128 valence electrons. The van der Waals surface area contributed by atoms with Gasteiger partial charge in [0.2, 0.25) is 0 Å². The molecule has 0 amide bonds. The smallest absolute Gasteiger partial charge is 0.163 e. The summed E-state index contributed by atoms with van der Waals surface area (Å²) in [5.74, 6) is 0.708. The first-order valence-corrected chi connectivity index (χ1v) is 9.36. The van der Waals surface area contributed by atoms with Crippen LogP contribution in [0.2, 0.25) is 0 Å². The summed E-state index contributed by atoms with van der Waals surface area (Å²) in [7, 11) is 0. The average Bonchev–Trinajstić information content (AvgIpc) is 2.62. The predicted octanol–water partition coefficient (Wildman–Crippen LogP) is 6.71. The van der Waals surface area contributed by atoms with Crippen molar-refractivity contribution in [3.05, 3.63) is 59.7 Å². The summed E-state index contributed by atoms with van der Waals surface area (Å²) >= 11 is 0. The highest BCUT2D eigenvalue weighted by Crippen LogP contribution is 2.22. The molecule has 0 spiro atoms. The monoisotopic (exact) mass is 322 g/mol. The lowest BCUT2D eigenvalue weighted by molar-refractivity contribution is 0.0963. The highest BCUT2D eigenvalue weighted by Gasteiger charge is 2.10. The van der Waals surface area contributed by atoms with Gasteiger partial charge in [0.25, 0.3) is 0 Å². The predicted molar refractivity (Wildman–Crippen MR) is 104 cm³/mol. The molecule has 0 aliphatic heterocycles. The van der Waals surface area contributed by atoms with Gasteiger partial charge in [-0.1, -0.05) is 88.6 Å². The minimum absolute atomic E-state index is 0.252. The van der Waals surface area contributed by atoms with E-state index in [-0.39, 0.29) is 5.78 Å².